The SMILES string of the molecule is Cc1ccc(CN(C(=O)CN2CCC[C@@H]2CO)C2CC2)o1. The Morgan fingerprint density at radius 3 is 2.86 bits per heavy atom. The standard InChI is InChI=1S/C16H24N2O3/c1-12-4-7-15(21-12)9-18(13-5-6-13)16(20)10-17-8-2-3-14(17)11-19/h4,7,13-14,19H,2-3,5-6,8-11H2,1H3/t14-/m1/s1. The van der Waals surface area contributed by atoms with Crippen LogP contribution < -0.4 is 0 Å². The van der Waals surface area contributed by atoms with Crippen LogP contribution in [0.15, 0.2) is 16.5 Å². The first-order chi connectivity index (χ1) is 10.2. The molecular formula is C16H24N2O3. The van der Waals surface area contributed by atoms with Crippen molar-refractivity contribution in [2.24, 2.45) is 0 Å². The van der Waals surface area contributed by atoms with Gasteiger partial charge in [0.25, 0.3) is 0 Å². The van der Waals surface area contributed by atoms with Gasteiger partial charge in [0.2, 0.25) is 5.91 Å². The first-order valence-corrected chi connectivity index (χ1v) is 7.87. The number of hydrogen-bond donors (Lipinski definition) is 1. The van der Waals surface area contributed by atoms with Gasteiger partial charge in [-0.1, -0.05) is 0 Å². The minimum atomic E-state index is 0.147. The zero-order valence-electron chi connectivity index (χ0n) is 12.6. The van der Waals surface area contributed by atoms with Crippen molar-refractivity contribution in [3.8, 4) is 0 Å². The molecule has 3 rings (SSSR count). The van der Waals surface area contributed by atoms with Crippen LogP contribution in [0.4, 0.5) is 0 Å². The molecule has 5 nitrogen and oxygen atoms in total. The molecule has 1 atom stereocenters. The molecule has 0 bridgehead atoms. The average molecular weight is 292 g/mol. The third-order valence-corrected chi connectivity index (χ3v) is 4.48. The van der Waals surface area contributed by atoms with E-state index in [1.54, 1.807) is 0 Å². The lowest BCUT2D eigenvalue weighted by Crippen LogP contribution is -2.43. The summed E-state index contributed by atoms with van der Waals surface area (Å²) in [7, 11) is 0. The predicted octanol–water partition coefficient (Wildman–Crippen LogP) is 1.54. The normalized spacial score (nSPS) is 22.7. The Bertz CT molecular complexity index is 495. The highest BCUT2D eigenvalue weighted by atomic mass is 16.3. The van der Waals surface area contributed by atoms with Crippen molar-refractivity contribution < 1.29 is 14.3 Å². The average Bonchev–Trinajstić information content (AvgIpc) is 3.07. The fourth-order valence-electron chi connectivity index (χ4n) is 3.12. The number of likely N-dealkylation sites (tertiary alicyclic amines) is 1. The monoisotopic (exact) mass is 292 g/mol. The number of carbonyl (C=O) groups excluding carboxylic acids is 1. The van der Waals surface area contributed by atoms with Crippen LogP contribution in [0.25, 0.3) is 0 Å². The second-order valence-corrected chi connectivity index (χ2v) is 6.21. The number of aliphatic hydroxyl groups is 1. The summed E-state index contributed by atoms with van der Waals surface area (Å²) in [5, 5.41) is 9.37. The van der Waals surface area contributed by atoms with Crippen LogP contribution in [-0.2, 0) is 11.3 Å². The lowest BCUT2D eigenvalue weighted by molar-refractivity contribution is -0.134. The van der Waals surface area contributed by atoms with E-state index >= 15 is 0 Å². The van der Waals surface area contributed by atoms with Gasteiger partial charge < -0.3 is 14.4 Å². The quantitative estimate of drug-likeness (QED) is 0.864. The van der Waals surface area contributed by atoms with Crippen molar-refractivity contribution in [3.63, 3.8) is 0 Å². The fourth-order valence-corrected chi connectivity index (χ4v) is 3.12. The van der Waals surface area contributed by atoms with Gasteiger partial charge in [0.15, 0.2) is 0 Å². The molecule has 2 heterocycles. The summed E-state index contributed by atoms with van der Waals surface area (Å²) in [5.41, 5.74) is 0. The molecule has 1 N–H and O–H groups in total. The van der Waals surface area contributed by atoms with Gasteiger partial charge >= 0.3 is 0 Å². The van der Waals surface area contributed by atoms with Gasteiger partial charge in [0.1, 0.15) is 11.5 Å². The Kier molecular flexibility index (Phi) is 4.31. The van der Waals surface area contributed by atoms with Gasteiger partial charge in [-0.2, -0.15) is 0 Å². The molecule has 0 aromatic carbocycles. The largest absolute Gasteiger partial charge is 0.464 e. The van der Waals surface area contributed by atoms with E-state index in [2.05, 4.69) is 4.90 Å². The van der Waals surface area contributed by atoms with E-state index in [0.717, 1.165) is 43.7 Å². The highest BCUT2D eigenvalue weighted by Crippen LogP contribution is 2.29. The first-order valence-electron chi connectivity index (χ1n) is 7.87. The van der Waals surface area contributed by atoms with Gasteiger partial charge in [-0.25, -0.2) is 0 Å². The van der Waals surface area contributed by atoms with Gasteiger partial charge in [-0.15, -0.1) is 0 Å². The Hall–Kier alpha value is -1.33. The molecule has 1 aliphatic heterocycles. The van der Waals surface area contributed by atoms with Crippen LogP contribution in [0.3, 0.4) is 0 Å². The van der Waals surface area contributed by atoms with Gasteiger partial charge in [0, 0.05) is 12.1 Å². The van der Waals surface area contributed by atoms with Gasteiger partial charge in [-0.05, 0) is 51.3 Å². The van der Waals surface area contributed by atoms with Crippen LogP contribution in [0.1, 0.15) is 37.2 Å². The van der Waals surface area contributed by atoms with Crippen LogP contribution in [-0.4, -0.2) is 52.6 Å². The van der Waals surface area contributed by atoms with E-state index < -0.39 is 0 Å². The second-order valence-electron chi connectivity index (χ2n) is 6.21. The van der Waals surface area contributed by atoms with Crippen molar-refractivity contribution in [3.05, 3.63) is 23.7 Å². The van der Waals surface area contributed by atoms with E-state index in [-0.39, 0.29) is 18.6 Å². The zero-order chi connectivity index (χ0) is 14.8. The molecule has 1 saturated heterocycles. The molecule has 0 unspecified atom stereocenters. The van der Waals surface area contributed by atoms with Crippen LogP contribution in [0.2, 0.25) is 0 Å². The third-order valence-electron chi connectivity index (χ3n) is 4.48. The maximum atomic E-state index is 12.6. The Labute approximate surface area is 125 Å². The van der Waals surface area contributed by atoms with Crippen molar-refractivity contribution in [1.29, 1.82) is 0 Å². The van der Waals surface area contributed by atoms with E-state index in [1.807, 2.05) is 24.0 Å². The summed E-state index contributed by atoms with van der Waals surface area (Å²) in [6.07, 6.45) is 4.24. The minimum absolute atomic E-state index is 0.147. The molecule has 21 heavy (non-hydrogen) atoms. The number of furan rings is 1. The summed E-state index contributed by atoms with van der Waals surface area (Å²) in [5.74, 6) is 1.90. The van der Waals surface area contributed by atoms with E-state index in [4.69, 9.17) is 4.42 Å². The summed E-state index contributed by atoms with van der Waals surface area (Å²) in [4.78, 5) is 16.7. The van der Waals surface area contributed by atoms with Gasteiger partial charge in [0.05, 0.1) is 19.7 Å². The zero-order valence-corrected chi connectivity index (χ0v) is 12.6. The number of aliphatic hydroxyl groups excluding tert-OH is 1. The molecule has 2 aliphatic rings. The molecule has 5 heteroatoms. The molecule has 116 valence electrons. The van der Waals surface area contributed by atoms with Crippen LogP contribution in [0.5, 0.6) is 0 Å². The number of nitrogens with zero attached hydrogens (tertiary/aromatic N) is 2. The van der Waals surface area contributed by atoms with E-state index in [1.165, 1.54) is 0 Å². The summed E-state index contributed by atoms with van der Waals surface area (Å²) in [6, 6.07) is 4.41. The first kappa shape index (κ1) is 14.6. The molecule has 1 aliphatic carbocycles. The van der Waals surface area contributed by atoms with Crippen molar-refractivity contribution in [2.45, 2.75) is 51.2 Å². The van der Waals surface area contributed by atoms with Crippen molar-refractivity contribution in [1.82, 2.24) is 9.80 Å². The number of rotatable bonds is 6. The smallest absolute Gasteiger partial charge is 0.237 e. The van der Waals surface area contributed by atoms with Crippen molar-refractivity contribution in [2.75, 3.05) is 19.7 Å². The Morgan fingerprint density at radius 1 is 1.43 bits per heavy atom. The topological polar surface area (TPSA) is 56.9 Å². The van der Waals surface area contributed by atoms with E-state index in [9.17, 15) is 9.90 Å². The highest BCUT2D eigenvalue weighted by molar-refractivity contribution is 5.79. The maximum absolute atomic E-state index is 12.6. The number of carbonyl (C=O) groups is 1. The Morgan fingerprint density at radius 2 is 2.24 bits per heavy atom. The molecule has 2 fully saturated rings. The molecule has 0 spiro atoms. The van der Waals surface area contributed by atoms with Crippen LogP contribution in [0, 0.1) is 6.92 Å². The molecule has 1 amide bonds. The highest BCUT2D eigenvalue weighted by Gasteiger charge is 2.35. The molecule has 1 aromatic heterocycles. The molecular weight excluding hydrogens is 268 g/mol. The number of hydrogen-bond acceptors (Lipinski definition) is 4. The van der Waals surface area contributed by atoms with Crippen molar-refractivity contribution >= 4 is 5.91 Å². The lowest BCUT2D eigenvalue weighted by atomic mass is 10.2. The molecule has 1 aromatic rings. The van der Waals surface area contributed by atoms with E-state index in [0.29, 0.717) is 19.1 Å². The lowest BCUT2D eigenvalue weighted by Gasteiger charge is -2.27. The summed E-state index contributed by atoms with van der Waals surface area (Å²) >= 11 is 0. The number of amides is 1. The number of aryl methyl sites for hydroxylation is 1. The maximum Gasteiger partial charge on any atom is 0.237 e. The fraction of sp³-hybridized carbons (Fsp3) is 0.688. The molecule has 0 radical (unpaired) electrons. The Balaban J connectivity index is 1.62. The minimum Gasteiger partial charge on any atom is -0.464 e. The summed E-state index contributed by atoms with van der Waals surface area (Å²) in [6.45, 7) is 3.96. The summed E-state index contributed by atoms with van der Waals surface area (Å²) < 4.78 is 5.61. The van der Waals surface area contributed by atoms with Crippen LogP contribution >= 0.6 is 0 Å². The molecule has 1 saturated carbocycles. The van der Waals surface area contributed by atoms with Gasteiger partial charge in [-0.3, -0.25) is 9.69 Å². The third kappa shape index (κ3) is 3.47. The second kappa shape index (κ2) is 6.20. The predicted molar refractivity (Wildman–Crippen MR) is 78.7 cm³/mol.